The van der Waals surface area contributed by atoms with Gasteiger partial charge in [-0.2, -0.15) is 0 Å². The van der Waals surface area contributed by atoms with Crippen LogP contribution in [-0.2, 0) is 11.3 Å². The minimum Gasteiger partial charge on any atom is -0.379 e. The van der Waals surface area contributed by atoms with Gasteiger partial charge < -0.3 is 15.0 Å². The molecule has 3 aromatic rings. The van der Waals surface area contributed by atoms with Crippen LogP contribution in [0.15, 0.2) is 41.8 Å². The SMILES string of the molecule is Cc1[nH]c2ccccc2c1CNC[C@@H](c1cccs1)N1CCOCC1. The maximum Gasteiger partial charge on any atom is 0.0594 e. The fraction of sp³-hybridized carbons (Fsp3) is 0.400. The molecule has 0 bridgehead atoms. The molecule has 2 N–H and O–H groups in total. The molecule has 0 aliphatic carbocycles. The van der Waals surface area contributed by atoms with E-state index in [1.54, 1.807) is 0 Å². The van der Waals surface area contributed by atoms with Crippen LogP contribution in [0.5, 0.6) is 0 Å². The number of aryl methyl sites for hydroxylation is 1. The van der Waals surface area contributed by atoms with Crippen molar-refractivity contribution in [2.24, 2.45) is 0 Å². The number of aromatic nitrogens is 1. The number of hydrogen-bond donors (Lipinski definition) is 2. The molecule has 1 saturated heterocycles. The Labute approximate surface area is 152 Å². The van der Waals surface area contributed by atoms with Crippen LogP contribution in [0.2, 0.25) is 0 Å². The summed E-state index contributed by atoms with van der Waals surface area (Å²) >= 11 is 1.85. The number of nitrogens with zero attached hydrogens (tertiary/aromatic N) is 1. The lowest BCUT2D eigenvalue weighted by Gasteiger charge is -2.34. The lowest BCUT2D eigenvalue weighted by Crippen LogP contribution is -2.42. The average molecular weight is 356 g/mol. The van der Waals surface area contributed by atoms with Gasteiger partial charge in [-0.25, -0.2) is 0 Å². The van der Waals surface area contributed by atoms with Crippen LogP contribution in [0.1, 0.15) is 22.2 Å². The zero-order valence-electron chi connectivity index (χ0n) is 14.6. The molecule has 132 valence electrons. The van der Waals surface area contributed by atoms with Crippen LogP contribution in [0.4, 0.5) is 0 Å². The van der Waals surface area contributed by atoms with Crippen molar-refractivity contribution in [1.29, 1.82) is 0 Å². The number of benzene rings is 1. The minimum absolute atomic E-state index is 0.425. The van der Waals surface area contributed by atoms with Crippen molar-refractivity contribution in [2.75, 3.05) is 32.8 Å². The normalized spacial score (nSPS) is 17.2. The van der Waals surface area contributed by atoms with Crippen LogP contribution in [-0.4, -0.2) is 42.7 Å². The van der Waals surface area contributed by atoms with Gasteiger partial charge in [0.15, 0.2) is 0 Å². The van der Waals surface area contributed by atoms with Crippen molar-refractivity contribution in [3.8, 4) is 0 Å². The molecule has 2 aromatic heterocycles. The highest BCUT2D eigenvalue weighted by molar-refractivity contribution is 7.10. The second kappa shape index (κ2) is 7.70. The molecule has 4 nitrogen and oxygen atoms in total. The van der Waals surface area contributed by atoms with Gasteiger partial charge in [0, 0.05) is 47.7 Å². The molecule has 0 unspecified atom stereocenters. The smallest absolute Gasteiger partial charge is 0.0594 e. The molecule has 0 spiro atoms. The van der Waals surface area contributed by atoms with Gasteiger partial charge >= 0.3 is 0 Å². The molecule has 25 heavy (non-hydrogen) atoms. The first-order valence-electron chi connectivity index (χ1n) is 8.95. The van der Waals surface area contributed by atoms with E-state index < -0.39 is 0 Å². The van der Waals surface area contributed by atoms with Gasteiger partial charge in [-0.15, -0.1) is 11.3 Å². The van der Waals surface area contributed by atoms with E-state index in [0.29, 0.717) is 6.04 Å². The summed E-state index contributed by atoms with van der Waals surface area (Å²) in [4.78, 5) is 7.47. The van der Waals surface area contributed by atoms with Gasteiger partial charge in [-0.3, -0.25) is 4.90 Å². The monoisotopic (exact) mass is 355 g/mol. The van der Waals surface area contributed by atoms with E-state index >= 15 is 0 Å². The summed E-state index contributed by atoms with van der Waals surface area (Å²) in [5.74, 6) is 0. The summed E-state index contributed by atoms with van der Waals surface area (Å²) in [5.41, 5.74) is 3.86. The molecule has 1 atom stereocenters. The van der Waals surface area contributed by atoms with E-state index in [0.717, 1.165) is 39.4 Å². The third kappa shape index (κ3) is 3.65. The van der Waals surface area contributed by atoms with Gasteiger partial charge in [0.05, 0.1) is 19.3 Å². The zero-order valence-corrected chi connectivity index (χ0v) is 15.4. The second-order valence-corrected chi connectivity index (χ2v) is 7.56. The van der Waals surface area contributed by atoms with Gasteiger partial charge in [-0.1, -0.05) is 24.3 Å². The summed E-state index contributed by atoms with van der Waals surface area (Å²) in [6, 6.07) is 13.4. The number of thiophene rings is 1. The first-order chi connectivity index (χ1) is 12.3. The largest absolute Gasteiger partial charge is 0.379 e. The third-order valence-electron chi connectivity index (χ3n) is 5.02. The van der Waals surface area contributed by atoms with Gasteiger partial charge in [0.1, 0.15) is 0 Å². The number of rotatable bonds is 6. The second-order valence-electron chi connectivity index (χ2n) is 6.58. The molecule has 4 rings (SSSR count). The van der Waals surface area contributed by atoms with E-state index in [-0.39, 0.29) is 0 Å². The molecule has 1 aliphatic rings. The van der Waals surface area contributed by atoms with Gasteiger partial charge in [-0.05, 0) is 30.0 Å². The highest BCUT2D eigenvalue weighted by Crippen LogP contribution is 2.26. The number of aromatic amines is 1. The maximum atomic E-state index is 5.53. The van der Waals surface area contributed by atoms with Crippen LogP contribution in [0.25, 0.3) is 10.9 Å². The zero-order chi connectivity index (χ0) is 17.1. The van der Waals surface area contributed by atoms with Crippen molar-refractivity contribution >= 4 is 22.2 Å². The van der Waals surface area contributed by atoms with E-state index in [9.17, 15) is 0 Å². The maximum absolute atomic E-state index is 5.53. The highest BCUT2D eigenvalue weighted by atomic mass is 32.1. The number of hydrogen-bond acceptors (Lipinski definition) is 4. The molecular formula is C20H25N3OS. The number of fused-ring (bicyclic) bond motifs is 1. The Hall–Kier alpha value is -1.66. The van der Waals surface area contributed by atoms with Crippen LogP contribution >= 0.6 is 11.3 Å². The summed E-state index contributed by atoms with van der Waals surface area (Å²) in [7, 11) is 0. The van der Waals surface area contributed by atoms with E-state index in [1.165, 1.54) is 27.0 Å². The molecular weight excluding hydrogens is 330 g/mol. The molecule has 0 radical (unpaired) electrons. The highest BCUT2D eigenvalue weighted by Gasteiger charge is 2.23. The van der Waals surface area contributed by atoms with Crippen LogP contribution in [0, 0.1) is 6.92 Å². The van der Waals surface area contributed by atoms with Crippen LogP contribution in [0.3, 0.4) is 0 Å². The summed E-state index contributed by atoms with van der Waals surface area (Å²) in [5, 5.41) is 7.21. The quantitative estimate of drug-likeness (QED) is 0.708. The van der Waals surface area contributed by atoms with Crippen LogP contribution < -0.4 is 5.32 Å². The van der Waals surface area contributed by atoms with Crippen molar-refractivity contribution in [1.82, 2.24) is 15.2 Å². The Bertz CT molecular complexity index is 806. The van der Waals surface area contributed by atoms with Crippen molar-refractivity contribution < 1.29 is 4.74 Å². The minimum atomic E-state index is 0.425. The Kier molecular flexibility index (Phi) is 5.17. The van der Waals surface area contributed by atoms with Crippen molar-refractivity contribution in [3.05, 3.63) is 57.9 Å². The number of ether oxygens (including phenoxy) is 1. The Morgan fingerprint density at radius 2 is 2.04 bits per heavy atom. The Balaban J connectivity index is 1.46. The number of morpholine rings is 1. The summed E-state index contributed by atoms with van der Waals surface area (Å²) in [6.45, 7) is 7.71. The predicted molar refractivity (Wildman–Crippen MR) is 104 cm³/mol. The van der Waals surface area contributed by atoms with E-state index in [2.05, 4.69) is 63.9 Å². The first kappa shape index (κ1) is 16.8. The first-order valence-corrected chi connectivity index (χ1v) is 9.83. The molecule has 0 saturated carbocycles. The van der Waals surface area contributed by atoms with E-state index in [1.807, 2.05) is 11.3 Å². The van der Waals surface area contributed by atoms with Gasteiger partial charge in [0.2, 0.25) is 0 Å². The lowest BCUT2D eigenvalue weighted by molar-refractivity contribution is 0.0168. The molecule has 1 aliphatic heterocycles. The lowest BCUT2D eigenvalue weighted by atomic mass is 10.1. The van der Waals surface area contributed by atoms with Crippen molar-refractivity contribution in [3.63, 3.8) is 0 Å². The van der Waals surface area contributed by atoms with Gasteiger partial charge in [0.25, 0.3) is 0 Å². The molecule has 1 fully saturated rings. The number of H-pyrrole nitrogens is 1. The number of nitrogens with one attached hydrogen (secondary N) is 2. The summed E-state index contributed by atoms with van der Waals surface area (Å²) in [6.07, 6.45) is 0. The summed E-state index contributed by atoms with van der Waals surface area (Å²) < 4.78 is 5.53. The molecule has 3 heterocycles. The predicted octanol–water partition coefficient (Wildman–Crippen LogP) is 3.70. The average Bonchev–Trinajstić information content (AvgIpc) is 3.27. The van der Waals surface area contributed by atoms with E-state index in [4.69, 9.17) is 4.74 Å². The topological polar surface area (TPSA) is 40.3 Å². The Morgan fingerprint density at radius 1 is 1.20 bits per heavy atom. The molecule has 5 heteroatoms. The Morgan fingerprint density at radius 3 is 2.84 bits per heavy atom. The standard InChI is InChI=1S/C20H25N3OS/c1-15-17(16-5-2-3-6-18(16)22-15)13-21-14-19(20-7-4-12-25-20)23-8-10-24-11-9-23/h2-7,12,19,21-22H,8-11,13-14H2,1H3/t19-/m0/s1. The number of para-hydroxylation sites is 1. The fourth-order valence-electron chi connectivity index (χ4n) is 3.68. The molecule has 0 amide bonds. The fourth-order valence-corrected chi connectivity index (χ4v) is 4.54. The molecule has 1 aromatic carbocycles. The third-order valence-corrected chi connectivity index (χ3v) is 6.00. The van der Waals surface area contributed by atoms with Crippen molar-refractivity contribution in [2.45, 2.75) is 19.5 Å².